The zero-order valence-electron chi connectivity index (χ0n) is 12.4. The van der Waals surface area contributed by atoms with Crippen LogP contribution in [0.25, 0.3) is 0 Å². The summed E-state index contributed by atoms with van der Waals surface area (Å²) in [7, 11) is 0. The van der Waals surface area contributed by atoms with Crippen LogP contribution in [-0.4, -0.2) is 34.3 Å². The molecule has 1 amide bonds. The molecule has 0 saturated carbocycles. The molecule has 0 fully saturated rings. The maximum Gasteiger partial charge on any atom is 0.308 e. The second-order valence-electron chi connectivity index (χ2n) is 4.79. The number of carbonyl (C=O) groups excluding carboxylic acids is 1. The van der Waals surface area contributed by atoms with E-state index in [0.717, 1.165) is 22.9 Å². The molecule has 7 heteroatoms. The number of aliphatic carboxylic acids is 1. The van der Waals surface area contributed by atoms with Gasteiger partial charge in [0.15, 0.2) is 0 Å². The van der Waals surface area contributed by atoms with Crippen molar-refractivity contribution >= 4 is 35.0 Å². The number of carboxylic acids is 1. The molecule has 0 aliphatic rings. The van der Waals surface area contributed by atoms with Gasteiger partial charge in [0.05, 0.1) is 16.6 Å². The number of nitrogens with one attached hydrogen (secondary N) is 1. The lowest BCUT2D eigenvalue weighted by atomic mass is 10.0. The molecule has 0 spiro atoms. The molecule has 1 rings (SSSR count). The molecule has 1 unspecified atom stereocenters. The van der Waals surface area contributed by atoms with Crippen molar-refractivity contribution in [1.29, 1.82) is 0 Å². The summed E-state index contributed by atoms with van der Waals surface area (Å²) in [4.78, 5) is 27.0. The molecular weight excluding hydrogens is 308 g/mol. The van der Waals surface area contributed by atoms with Gasteiger partial charge in [-0.25, -0.2) is 4.98 Å². The summed E-state index contributed by atoms with van der Waals surface area (Å²) < 4.78 is 0. The first kappa shape index (κ1) is 18.0. The Kier molecular flexibility index (Phi) is 8.37. The lowest BCUT2D eigenvalue weighted by molar-refractivity contribution is -0.141. The van der Waals surface area contributed by atoms with Crippen molar-refractivity contribution in [3.8, 4) is 0 Å². The van der Waals surface area contributed by atoms with Crippen LogP contribution in [0, 0.1) is 12.8 Å². The van der Waals surface area contributed by atoms with Crippen molar-refractivity contribution in [2.45, 2.75) is 38.9 Å². The topological polar surface area (TPSA) is 79.3 Å². The number of hydrogen-bond acceptors (Lipinski definition) is 5. The molecule has 2 N–H and O–H groups in total. The van der Waals surface area contributed by atoms with Gasteiger partial charge in [-0.3, -0.25) is 9.59 Å². The highest BCUT2D eigenvalue weighted by Crippen LogP contribution is 2.15. The fourth-order valence-electron chi connectivity index (χ4n) is 1.80. The van der Waals surface area contributed by atoms with E-state index < -0.39 is 11.9 Å². The van der Waals surface area contributed by atoms with E-state index in [9.17, 15) is 9.59 Å². The third-order valence-corrected chi connectivity index (χ3v) is 4.74. The van der Waals surface area contributed by atoms with Crippen LogP contribution in [0.4, 0.5) is 0 Å². The number of aryl methyl sites for hydroxylation is 1. The van der Waals surface area contributed by atoms with E-state index in [2.05, 4.69) is 10.3 Å². The Labute approximate surface area is 133 Å². The molecule has 1 heterocycles. The highest BCUT2D eigenvalue weighted by Gasteiger charge is 2.16. The fraction of sp³-hybridized carbons (Fsp3) is 0.643. The van der Waals surface area contributed by atoms with E-state index in [1.807, 2.05) is 19.2 Å². The van der Waals surface area contributed by atoms with E-state index in [1.165, 1.54) is 0 Å². The molecule has 0 saturated heterocycles. The quantitative estimate of drug-likeness (QED) is 0.645. The Morgan fingerprint density at radius 3 is 2.86 bits per heavy atom. The maximum absolute atomic E-state index is 11.7. The van der Waals surface area contributed by atoms with Crippen LogP contribution in [0.3, 0.4) is 0 Å². The molecule has 0 radical (unpaired) electrons. The van der Waals surface area contributed by atoms with Crippen LogP contribution < -0.4 is 5.32 Å². The fourth-order valence-corrected chi connectivity index (χ4v) is 3.35. The second-order valence-corrected chi connectivity index (χ2v) is 6.96. The van der Waals surface area contributed by atoms with Crippen LogP contribution >= 0.6 is 23.1 Å². The third-order valence-electron chi connectivity index (χ3n) is 2.92. The van der Waals surface area contributed by atoms with E-state index in [0.29, 0.717) is 18.6 Å². The van der Waals surface area contributed by atoms with Crippen molar-refractivity contribution in [2.24, 2.45) is 5.92 Å². The van der Waals surface area contributed by atoms with Crippen molar-refractivity contribution in [3.05, 3.63) is 16.1 Å². The summed E-state index contributed by atoms with van der Waals surface area (Å²) >= 11 is 3.29. The van der Waals surface area contributed by atoms with Crippen molar-refractivity contribution in [2.75, 3.05) is 12.3 Å². The molecule has 1 aromatic heterocycles. The van der Waals surface area contributed by atoms with E-state index in [4.69, 9.17) is 5.11 Å². The van der Waals surface area contributed by atoms with E-state index in [-0.39, 0.29) is 12.5 Å². The van der Waals surface area contributed by atoms with Crippen molar-refractivity contribution < 1.29 is 14.7 Å². The minimum Gasteiger partial charge on any atom is -0.481 e. The average Bonchev–Trinajstić information content (AvgIpc) is 2.85. The molecule has 118 valence electrons. The Morgan fingerprint density at radius 1 is 1.52 bits per heavy atom. The van der Waals surface area contributed by atoms with Gasteiger partial charge in [-0.2, -0.15) is 11.8 Å². The summed E-state index contributed by atoms with van der Waals surface area (Å²) in [6, 6.07) is 0. The Hall–Kier alpha value is -1.08. The number of aromatic nitrogens is 1. The first-order valence-electron chi connectivity index (χ1n) is 7.01. The van der Waals surface area contributed by atoms with Gasteiger partial charge in [-0.05, 0) is 13.3 Å². The van der Waals surface area contributed by atoms with Gasteiger partial charge in [0, 0.05) is 29.9 Å². The van der Waals surface area contributed by atoms with Crippen molar-refractivity contribution in [3.63, 3.8) is 0 Å². The smallest absolute Gasteiger partial charge is 0.308 e. The highest BCUT2D eigenvalue weighted by atomic mass is 32.2. The number of amides is 1. The predicted octanol–water partition coefficient (Wildman–Crippen LogP) is 2.69. The number of carboxylic acid groups (broad SMARTS) is 1. The minimum atomic E-state index is -0.842. The monoisotopic (exact) mass is 330 g/mol. The standard InChI is InChI=1S/C14H22N2O3S2/c1-3-4-11(14(18)19)7-15-13(17)5-6-20-8-12-9-21-10(2)16-12/h9,11H,3-8H2,1-2H3,(H,15,17)(H,18,19). The van der Waals surface area contributed by atoms with Gasteiger partial charge in [0.1, 0.15) is 0 Å². The summed E-state index contributed by atoms with van der Waals surface area (Å²) in [5.74, 6) is 0.119. The molecule has 0 aliphatic heterocycles. The number of thiazole rings is 1. The number of thioether (sulfide) groups is 1. The molecule has 21 heavy (non-hydrogen) atoms. The SMILES string of the molecule is CCCC(CNC(=O)CCSCc1csc(C)n1)C(=O)O. The van der Waals surface area contributed by atoms with Gasteiger partial charge < -0.3 is 10.4 Å². The zero-order valence-corrected chi connectivity index (χ0v) is 14.1. The van der Waals surface area contributed by atoms with Crippen LogP contribution in [0.2, 0.25) is 0 Å². The molecule has 1 atom stereocenters. The Bertz CT molecular complexity index is 463. The first-order valence-corrected chi connectivity index (χ1v) is 9.04. The molecule has 0 aliphatic carbocycles. The van der Waals surface area contributed by atoms with Crippen LogP contribution in [0.15, 0.2) is 5.38 Å². The average molecular weight is 330 g/mol. The van der Waals surface area contributed by atoms with Crippen LogP contribution in [0.1, 0.15) is 36.9 Å². The number of hydrogen-bond donors (Lipinski definition) is 2. The number of nitrogens with zero attached hydrogens (tertiary/aromatic N) is 1. The normalized spacial score (nSPS) is 12.1. The summed E-state index contributed by atoms with van der Waals surface area (Å²) in [6.45, 7) is 4.13. The molecule has 0 aromatic carbocycles. The van der Waals surface area contributed by atoms with E-state index >= 15 is 0 Å². The summed E-state index contributed by atoms with van der Waals surface area (Å²) in [5.41, 5.74) is 1.05. The third kappa shape index (κ3) is 7.47. The van der Waals surface area contributed by atoms with Crippen LogP contribution in [0.5, 0.6) is 0 Å². The zero-order chi connectivity index (χ0) is 15.7. The van der Waals surface area contributed by atoms with Gasteiger partial charge in [-0.15, -0.1) is 11.3 Å². The van der Waals surface area contributed by atoms with Gasteiger partial charge in [0.25, 0.3) is 0 Å². The largest absolute Gasteiger partial charge is 0.481 e. The summed E-state index contributed by atoms with van der Waals surface area (Å²) in [5, 5.41) is 14.8. The lowest BCUT2D eigenvalue weighted by Gasteiger charge is -2.12. The maximum atomic E-state index is 11.7. The molecule has 0 bridgehead atoms. The first-order chi connectivity index (χ1) is 10.0. The number of carbonyl (C=O) groups is 2. The van der Waals surface area contributed by atoms with Gasteiger partial charge in [0.2, 0.25) is 5.91 Å². The lowest BCUT2D eigenvalue weighted by Crippen LogP contribution is -2.33. The molecular formula is C14H22N2O3S2. The Morgan fingerprint density at radius 2 is 2.29 bits per heavy atom. The van der Waals surface area contributed by atoms with E-state index in [1.54, 1.807) is 23.1 Å². The van der Waals surface area contributed by atoms with Crippen LogP contribution in [-0.2, 0) is 15.3 Å². The minimum absolute atomic E-state index is 0.0840. The van der Waals surface area contributed by atoms with Gasteiger partial charge in [-0.1, -0.05) is 13.3 Å². The molecule has 1 aromatic rings. The predicted molar refractivity (Wildman–Crippen MR) is 86.7 cm³/mol. The highest BCUT2D eigenvalue weighted by molar-refractivity contribution is 7.98. The molecule has 5 nitrogen and oxygen atoms in total. The Balaban J connectivity index is 2.14. The van der Waals surface area contributed by atoms with Crippen molar-refractivity contribution in [1.82, 2.24) is 10.3 Å². The number of rotatable bonds is 10. The second kappa shape index (κ2) is 9.78. The van der Waals surface area contributed by atoms with Gasteiger partial charge >= 0.3 is 5.97 Å². The summed E-state index contributed by atoms with van der Waals surface area (Å²) in [6.07, 6.45) is 1.80.